The Balaban J connectivity index is 1.75. The van der Waals surface area contributed by atoms with Crippen molar-refractivity contribution in [2.24, 2.45) is 0 Å². The molecular formula is C16H16N4OS. The Hall–Kier alpha value is -2.47. The highest BCUT2D eigenvalue weighted by atomic mass is 32.1. The van der Waals surface area contributed by atoms with E-state index in [4.69, 9.17) is 0 Å². The zero-order chi connectivity index (χ0) is 15.4. The highest BCUT2D eigenvalue weighted by Gasteiger charge is 2.07. The van der Waals surface area contributed by atoms with E-state index in [1.54, 1.807) is 11.3 Å². The second-order valence-electron chi connectivity index (χ2n) is 4.88. The van der Waals surface area contributed by atoms with Crippen LogP contribution in [0.1, 0.15) is 23.1 Å². The van der Waals surface area contributed by atoms with E-state index >= 15 is 0 Å². The van der Waals surface area contributed by atoms with Crippen molar-refractivity contribution in [1.29, 1.82) is 0 Å². The van der Waals surface area contributed by atoms with Gasteiger partial charge in [-0.15, -0.1) is 21.5 Å². The highest BCUT2D eigenvalue weighted by Crippen LogP contribution is 2.14. The molecule has 0 atom stereocenters. The topological polar surface area (TPSA) is 70.7 Å². The Morgan fingerprint density at radius 2 is 2.00 bits per heavy atom. The Morgan fingerprint density at radius 3 is 2.64 bits per heavy atom. The van der Waals surface area contributed by atoms with Crippen LogP contribution in [0.25, 0.3) is 0 Å². The maximum absolute atomic E-state index is 12.1. The van der Waals surface area contributed by atoms with Crippen molar-refractivity contribution in [3.63, 3.8) is 0 Å². The molecule has 5 nitrogen and oxygen atoms in total. The number of hydrogen-bond acceptors (Lipinski definition) is 5. The third-order valence-electron chi connectivity index (χ3n) is 3.31. The molecule has 0 fully saturated rings. The number of aromatic amines is 1. The first-order valence-corrected chi connectivity index (χ1v) is 7.97. The maximum atomic E-state index is 12.1. The second-order valence-corrected chi connectivity index (χ2v) is 5.91. The number of nitrogens with zero attached hydrogens (tertiary/aromatic N) is 2. The van der Waals surface area contributed by atoms with Crippen LogP contribution in [0.15, 0.2) is 46.6 Å². The molecule has 0 saturated heterocycles. The molecule has 0 aliphatic rings. The minimum Gasteiger partial charge on any atom is -0.324 e. The van der Waals surface area contributed by atoms with Crippen molar-refractivity contribution < 1.29 is 0 Å². The fourth-order valence-corrected chi connectivity index (χ4v) is 2.78. The van der Waals surface area contributed by atoms with Gasteiger partial charge in [-0.05, 0) is 35.6 Å². The fourth-order valence-electron chi connectivity index (χ4n) is 2.07. The van der Waals surface area contributed by atoms with E-state index in [1.807, 2.05) is 41.8 Å². The van der Waals surface area contributed by atoms with Crippen LogP contribution in [0, 0.1) is 0 Å². The number of thiophene rings is 1. The molecule has 2 N–H and O–H groups in total. The van der Waals surface area contributed by atoms with Crippen LogP contribution in [0.5, 0.6) is 0 Å². The van der Waals surface area contributed by atoms with Gasteiger partial charge in [-0.25, -0.2) is 0 Å². The molecule has 0 amide bonds. The molecule has 0 aliphatic carbocycles. The van der Waals surface area contributed by atoms with E-state index in [0.29, 0.717) is 18.1 Å². The van der Waals surface area contributed by atoms with Gasteiger partial charge in [0.05, 0.1) is 0 Å². The summed E-state index contributed by atoms with van der Waals surface area (Å²) >= 11 is 1.60. The number of benzene rings is 1. The van der Waals surface area contributed by atoms with Gasteiger partial charge < -0.3 is 5.32 Å². The van der Waals surface area contributed by atoms with Crippen LogP contribution < -0.4 is 10.9 Å². The minimum atomic E-state index is -0.212. The van der Waals surface area contributed by atoms with Gasteiger partial charge in [0.2, 0.25) is 5.95 Å². The number of nitrogens with one attached hydrogen (secondary N) is 2. The van der Waals surface area contributed by atoms with E-state index in [2.05, 4.69) is 27.4 Å². The zero-order valence-electron chi connectivity index (χ0n) is 12.2. The standard InChI is InChI=1S/C16H16N4OS/c1-2-11-5-7-12(8-6-11)17-16-18-15(21)14(19-20-16)10-13-4-3-9-22-13/h3-9H,2,10H2,1H3,(H2,17,18,20,21). The molecule has 2 aromatic heterocycles. The molecule has 0 bridgehead atoms. The van der Waals surface area contributed by atoms with E-state index in [9.17, 15) is 4.79 Å². The van der Waals surface area contributed by atoms with Gasteiger partial charge >= 0.3 is 0 Å². The Kier molecular flexibility index (Phi) is 4.29. The number of aryl methyl sites for hydroxylation is 1. The van der Waals surface area contributed by atoms with E-state index < -0.39 is 0 Å². The van der Waals surface area contributed by atoms with Crippen LogP contribution in [0.3, 0.4) is 0 Å². The Bertz CT molecular complexity index is 794. The maximum Gasteiger partial charge on any atom is 0.274 e. The summed E-state index contributed by atoms with van der Waals surface area (Å²) in [4.78, 5) is 15.9. The molecule has 2 heterocycles. The monoisotopic (exact) mass is 312 g/mol. The lowest BCUT2D eigenvalue weighted by Crippen LogP contribution is -2.18. The lowest BCUT2D eigenvalue weighted by molar-refractivity contribution is 0.879. The largest absolute Gasteiger partial charge is 0.324 e. The summed E-state index contributed by atoms with van der Waals surface area (Å²) in [6.45, 7) is 2.11. The molecule has 3 rings (SSSR count). The molecular weight excluding hydrogens is 296 g/mol. The van der Waals surface area contributed by atoms with Crippen LogP contribution in [-0.2, 0) is 12.8 Å². The number of rotatable bonds is 5. The number of aromatic nitrogens is 3. The highest BCUT2D eigenvalue weighted by molar-refractivity contribution is 7.09. The summed E-state index contributed by atoms with van der Waals surface area (Å²) in [7, 11) is 0. The van der Waals surface area contributed by atoms with Crippen molar-refractivity contribution in [2.75, 3.05) is 5.32 Å². The molecule has 0 saturated carbocycles. The summed E-state index contributed by atoms with van der Waals surface area (Å²) in [5.41, 5.74) is 2.34. The molecule has 0 unspecified atom stereocenters. The summed E-state index contributed by atoms with van der Waals surface area (Å²) < 4.78 is 0. The third-order valence-corrected chi connectivity index (χ3v) is 4.19. The van der Waals surface area contributed by atoms with Gasteiger partial charge in [-0.2, -0.15) is 0 Å². The van der Waals surface area contributed by atoms with E-state index in [1.165, 1.54) is 5.56 Å². The van der Waals surface area contributed by atoms with Gasteiger partial charge in [0.15, 0.2) is 0 Å². The second kappa shape index (κ2) is 6.53. The van der Waals surface area contributed by atoms with E-state index in [0.717, 1.165) is 17.0 Å². The molecule has 0 aliphatic heterocycles. The number of anilines is 2. The van der Waals surface area contributed by atoms with Crippen LogP contribution in [0.4, 0.5) is 11.6 Å². The van der Waals surface area contributed by atoms with E-state index in [-0.39, 0.29) is 5.56 Å². The van der Waals surface area contributed by atoms with Gasteiger partial charge in [0.25, 0.3) is 5.56 Å². The van der Waals surface area contributed by atoms with Crippen molar-refractivity contribution in [1.82, 2.24) is 15.2 Å². The van der Waals surface area contributed by atoms with Crippen LogP contribution in [0.2, 0.25) is 0 Å². The summed E-state index contributed by atoms with van der Waals surface area (Å²) in [5.74, 6) is 0.351. The average Bonchev–Trinajstić information content (AvgIpc) is 3.04. The first-order valence-electron chi connectivity index (χ1n) is 7.09. The fraction of sp³-hybridized carbons (Fsp3) is 0.188. The van der Waals surface area contributed by atoms with Crippen molar-refractivity contribution >= 4 is 23.0 Å². The lowest BCUT2D eigenvalue weighted by atomic mass is 10.1. The van der Waals surface area contributed by atoms with Gasteiger partial charge in [-0.3, -0.25) is 9.78 Å². The smallest absolute Gasteiger partial charge is 0.274 e. The van der Waals surface area contributed by atoms with Crippen molar-refractivity contribution in [2.45, 2.75) is 19.8 Å². The van der Waals surface area contributed by atoms with Crippen molar-refractivity contribution in [3.8, 4) is 0 Å². The first kappa shape index (κ1) is 14.5. The molecule has 22 heavy (non-hydrogen) atoms. The minimum absolute atomic E-state index is 0.212. The van der Waals surface area contributed by atoms with Crippen LogP contribution in [-0.4, -0.2) is 15.2 Å². The average molecular weight is 312 g/mol. The van der Waals surface area contributed by atoms with Gasteiger partial charge in [-0.1, -0.05) is 25.1 Å². The summed E-state index contributed by atoms with van der Waals surface area (Å²) in [6, 6.07) is 11.9. The Labute approximate surface area is 132 Å². The molecule has 0 spiro atoms. The molecule has 3 aromatic rings. The lowest BCUT2D eigenvalue weighted by Gasteiger charge is -2.06. The molecule has 112 valence electrons. The van der Waals surface area contributed by atoms with Gasteiger partial charge in [0.1, 0.15) is 5.69 Å². The molecule has 6 heteroatoms. The predicted octanol–water partition coefficient (Wildman–Crippen LogP) is 3.12. The Morgan fingerprint density at radius 1 is 1.18 bits per heavy atom. The van der Waals surface area contributed by atoms with Crippen LogP contribution >= 0.6 is 11.3 Å². The zero-order valence-corrected chi connectivity index (χ0v) is 13.0. The quantitative estimate of drug-likeness (QED) is 0.759. The van der Waals surface area contributed by atoms with Gasteiger partial charge in [0, 0.05) is 17.0 Å². The SMILES string of the molecule is CCc1ccc(Nc2nnc(Cc3cccs3)c(=O)[nH]2)cc1. The first-order chi connectivity index (χ1) is 10.7. The van der Waals surface area contributed by atoms with Crippen molar-refractivity contribution in [3.05, 3.63) is 68.3 Å². The summed E-state index contributed by atoms with van der Waals surface area (Å²) in [6.07, 6.45) is 1.50. The number of H-pyrrole nitrogens is 1. The molecule has 1 aromatic carbocycles. The molecule has 0 radical (unpaired) electrons. The third kappa shape index (κ3) is 3.40. The summed E-state index contributed by atoms with van der Waals surface area (Å²) in [5, 5.41) is 13.1. The number of hydrogen-bond donors (Lipinski definition) is 2. The predicted molar refractivity (Wildman–Crippen MR) is 88.9 cm³/mol. The normalized spacial score (nSPS) is 10.6.